The zero-order valence-electron chi connectivity index (χ0n) is 16.5. The van der Waals surface area contributed by atoms with Gasteiger partial charge in [-0.15, -0.1) is 24.0 Å². The number of rotatable bonds is 7. The molecule has 25 heavy (non-hydrogen) atoms. The van der Waals surface area contributed by atoms with Gasteiger partial charge >= 0.3 is 0 Å². The molecule has 8 heteroatoms. The van der Waals surface area contributed by atoms with E-state index in [9.17, 15) is 8.42 Å². The molecule has 1 aliphatic heterocycles. The minimum Gasteiger partial charge on any atom is -0.357 e. The summed E-state index contributed by atoms with van der Waals surface area (Å²) in [6.45, 7) is 13.3. The van der Waals surface area contributed by atoms with Gasteiger partial charge in [0.05, 0.1) is 5.75 Å². The van der Waals surface area contributed by atoms with Crippen molar-refractivity contribution in [3.63, 3.8) is 0 Å². The molecule has 0 amide bonds. The largest absolute Gasteiger partial charge is 0.357 e. The Balaban J connectivity index is 0.00000576. The summed E-state index contributed by atoms with van der Waals surface area (Å²) in [7, 11) is -3.06. The summed E-state index contributed by atoms with van der Waals surface area (Å²) >= 11 is 0. The highest BCUT2D eigenvalue weighted by atomic mass is 127. The van der Waals surface area contributed by atoms with Crippen LogP contribution in [0.5, 0.6) is 0 Å². The summed E-state index contributed by atoms with van der Waals surface area (Å²) in [6, 6.07) is 0.286. The number of sulfonamides is 1. The fourth-order valence-corrected chi connectivity index (χ4v) is 3.91. The Morgan fingerprint density at radius 2 is 1.80 bits per heavy atom. The van der Waals surface area contributed by atoms with E-state index in [0.29, 0.717) is 18.5 Å². The molecule has 2 N–H and O–H groups in total. The van der Waals surface area contributed by atoms with Gasteiger partial charge in [0.1, 0.15) is 0 Å². The molecule has 0 saturated carbocycles. The second-order valence-corrected chi connectivity index (χ2v) is 9.90. The molecule has 6 nitrogen and oxygen atoms in total. The van der Waals surface area contributed by atoms with E-state index >= 15 is 0 Å². The molecular weight excluding hydrogens is 451 g/mol. The third-order valence-corrected chi connectivity index (χ3v) is 6.13. The van der Waals surface area contributed by atoms with E-state index in [-0.39, 0.29) is 35.8 Å². The molecule has 0 aromatic rings. The number of nitrogens with zero attached hydrogens (tertiary/aromatic N) is 2. The Morgan fingerprint density at radius 3 is 2.28 bits per heavy atom. The van der Waals surface area contributed by atoms with Gasteiger partial charge in [-0.3, -0.25) is 4.99 Å². The van der Waals surface area contributed by atoms with Crippen molar-refractivity contribution in [1.82, 2.24) is 14.9 Å². The van der Waals surface area contributed by atoms with Crippen LogP contribution in [0.4, 0.5) is 0 Å². The average molecular weight is 488 g/mol. The minimum atomic E-state index is -3.06. The predicted octanol–water partition coefficient (Wildman–Crippen LogP) is 2.80. The van der Waals surface area contributed by atoms with Crippen molar-refractivity contribution in [2.45, 2.75) is 66.3 Å². The fraction of sp³-hybridized carbons (Fsp3) is 0.941. The first kappa shape index (κ1) is 24.9. The predicted molar refractivity (Wildman–Crippen MR) is 117 cm³/mol. The van der Waals surface area contributed by atoms with Crippen LogP contribution in [0.3, 0.4) is 0 Å². The van der Waals surface area contributed by atoms with Gasteiger partial charge in [-0.25, -0.2) is 12.7 Å². The molecule has 0 spiro atoms. The quantitative estimate of drug-likeness (QED) is 0.250. The molecule has 1 fully saturated rings. The topological polar surface area (TPSA) is 73.8 Å². The second kappa shape index (κ2) is 11.6. The highest BCUT2D eigenvalue weighted by molar-refractivity contribution is 14.0. The smallest absolute Gasteiger partial charge is 0.213 e. The summed E-state index contributed by atoms with van der Waals surface area (Å²) < 4.78 is 25.4. The number of hydrogen-bond donors (Lipinski definition) is 2. The van der Waals surface area contributed by atoms with Gasteiger partial charge in [0.2, 0.25) is 10.0 Å². The first-order chi connectivity index (χ1) is 11.2. The van der Waals surface area contributed by atoms with Crippen LogP contribution in [-0.4, -0.2) is 56.7 Å². The number of piperidine rings is 1. The zero-order valence-corrected chi connectivity index (χ0v) is 19.6. The second-order valence-electron chi connectivity index (χ2n) is 7.64. The van der Waals surface area contributed by atoms with Crippen LogP contribution in [0.25, 0.3) is 0 Å². The van der Waals surface area contributed by atoms with E-state index in [1.807, 2.05) is 0 Å². The Labute approximate surface area is 171 Å². The maximum Gasteiger partial charge on any atom is 0.213 e. The fourth-order valence-electron chi connectivity index (χ4n) is 2.77. The highest BCUT2D eigenvalue weighted by Crippen LogP contribution is 2.20. The Kier molecular flexibility index (Phi) is 11.5. The average Bonchev–Trinajstić information content (AvgIpc) is 2.51. The van der Waals surface area contributed by atoms with E-state index in [0.717, 1.165) is 44.7 Å². The SMILES string of the molecule is CCNC(=NCCCC(C)(C)C)NC1CCN(S(=O)(=O)CC)CC1.I. The summed E-state index contributed by atoms with van der Waals surface area (Å²) in [5, 5.41) is 6.75. The van der Waals surface area contributed by atoms with Crippen LogP contribution < -0.4 is 10.6 Å². The molecule has 1 saturated heterocycles. The third kappa shape index (κ3) is 9.98. The molecule has 0 aliphatic carbocycles. The van der Waals surface area contributed by atoms with Gasteiger partial charge in [0, 0.05) is 32.2 Å². The molecule has 1 rings (SSSR count). The van der Waals surface area contributed by atoms with Crippen LogP contribution in [0, 0.1) is 5.41 Å². The van der Waals surface area contributed by atoms with Gasteiger partial charge in [0.25, 0.3) is 0 Å². The molecule has 0 bridgehead atoms. The lowest BCUT2D eigenvalue weighted by Crippen LogP contribution is -2.50. The molecular formula is C17H37IN4O2S. The van der Waals surface area contributed by atoms with Gasteiger partial charge in [-0.1, -0.05) is 20.8 Å². The van der Waals surface area contributed by atoms with E-state index in [2.05, 4.69) is 43.3 Å². The highest BCUT2D eigenvalue weighted by Gasteiger charge is 2.26. The van der Waals surface area contributed by atoms with Crippen molar-refractivity contribution in [3.8, 4) is 0 Å². The zero-order chi connectivity index (χ0) is 18.2. The van der Waals surface area contributed by atoms with Crippen molar-refractivity contribution in [3.05, 3.63) is 0 Å². The van der Waals surface area contributed by atoms with E-state index < -0.39 is 10.0 Å². The van der Waals surface area contributed by atoms with Gasteiger partial charge in [0.15, 0.2) is 5.96 Å². The maximum atomic E-state index is 11.9. The lowest BCUT2D eigenvalue weighted by atomic mass is 9.91. The van der Waals surface area contributed by atoms with Crippen LogP contribution >= 0.6 is 24.0 Å². The molecule has 1 aliphatic rings. The lowest BCUT2D eigenvalue weighted by Gasteiger charge is -2.32. The Morgan fingerprint density at radius 1 is 1.20 bits per heavy atom. The van der Waals surface area contributed by atoms with Gasteiger partial charge < -0.3 is 10.6 Å². The van der Waals surface area contributed by atoms with Crippen molar-refractivity contribution in [2.75, 3.05) is 31.9 Å². The summed E-state index contributed by atoms with van der Waals surface area (Å²) in [5.74, 6) is 1.03. The number of halogens is 1. The number of guanidine groups is 1. The normalized spacial score (nSPS) is 17.9. The van der Waals surface area contributed by atoms with Gasteiger partial charge in [-0.2, -0.15) is 0 Å². The van der Waals surface area contributed by atoms with Crippen LogP contribution in [-0.2, 0) is 10.0 Å². The molecule has 150 valence electrons. The van der Waals surface area contributed by atoms with Gasteiger partial charge in [-0.05, 0) is 44.9 Å². The Bertz CT molecular complexity index is 495. The van der Waals surface area contributed by atoms with Crippen molar-refractivity contribution < 1.29 is 8.42 Å². The number of aliphatic imine (C=N–C) groups is 1. The minimum absolute atomic E-state index is 0. The van der Waals surface area contributed by atoms with E-state index in [1.54, 1.807) is 11.2 Å². The van der Waals surface area contributed by atoms with E-state index in [4.69, 9.17) is 0 Å². The maximum absolute atomic E-state index is 11.9. The third-order valence-electron chi connectivity index (χ3n) is 4.25. The van der Waals surface area contributed by atoms with Crippen molar-refractivity contribution in [2.24, 2.45) is 10.4 Å². The first-order valence-corrected chi connectivity index (χ1v) is 10.8. The molecule has 1 heterocycles. The summed E-state index contributed by atoms with van der Waals surface area (Å²) in [4.78, 5) is 4.66. The van der Waals surface area contributed by atoms with Crippen LogP contribution in [0.1, 0.15) is 60.3 Å². The molecule has 0 atom stereocenters. The molecule has 0 unspecified atom stereocenters. The number of hydrogen-bond acceptors (Lipinski definition) is 3. The summed E-state index contributed by atoms with van der Waals surface area (Å²) in [6.07, 6.45) is 3.88. The first-order valence-electron chi connectivity index (χ1n) is 9.20. The van der Waals surface area contributed by atoms with Crippen molar-refractivity contribution >= 4 is 40.0 Å². The van der Waals surface area contributed by atoms with Crippen LogP contribution in [0.15, 0.2) is 4.99 Å². The summed E-state index contributed by atoms with van der Waals surface area (Å²) in [5.41, 5.74) is 0.346. The molecule has 0 radical (unpaired) electrons. The van der Waals surface area contributed by atoms with Crippen molar-refractivity contribution in [1.29, 1.82) is 0 Å². The monoisotopic (exact) mass is 488 g/mol. The molecule has 0 aromatic heterocycles. The number of nitrogens with one attached hydrogen (secondary N) is 2. The molecule has 0 aromatic carbocycles. The lowest BCUT2D eigenvalue weighted by molar-refractivity contribution is 0.306. The Hall–Kier alpha value is -0.0900. The van der Waals surface area contributed by atoms with E-state index in [1.165, 1.54) is 0 Å². The van der Waals surface area contributed by atoms with Crippen LogP contribution in [0.2, 0.25) is 0 Å². The standard InChI is InChI=1S/C17H36N4O2S.HI/c1-6-18-16(19-12-8-11-17(3,4)5)20-15-9-13-21(14-10-15)24(22,23)7-2;/h15H,6-14H2,1-5H3,(H2,18,19,20);1H.